The molecule has 4 nitrogen and oxygen atoms in total. The Balaban J connectivity index is 1.95. The van der Waals surface area contributed by atoms with Crippen LogP contribution in [0.3, 0.4) is 0 Å². The molecule has 4 heteroatoms. The highest BCUT2D eigenvalue weighted by Crippen LogP contribution is 2.29. The van der Waals surface area contributed by atoms with Crippen molar-refractivity contribution in [3.63, 3.8) is 0 Å². The Morgan fingerprint density at radius 1 is 1.10 bits per heavy atom. The van der Waals surface area contributed by atoms with Crippen molar-refractivity contribution in [3.05, 3.63) is 54.6 Å². The molecule has 1 saturated carbocycles. The summed E-state index contributed by atoms with van der Waals surface area (Å²) in [6, 6.07) is 10.1. The van der Waals surface area contributed by atoms with Crippen molar-refractivity contribution in [2.45, 2.75) is 31.7 Å². The third kappa shape index (κ3) is 2.54. The zero-order chi connectivity index (χ0) is 13.8. The molecule has 1 heterocycles. The van der Waals surface area contributed by atoms with Crippen molar-refractivity contribution in [2.75, 3.05) is 4.90 Å². The molecule has 1 fully saturated rings. The van der Waals surface area contributed by atoms with Gasteiger partial charge in [0, 0.05) is 24.1 Å². The topological polar surface area (TPSA) is 46.1 Å². The van der Waals surface area contributed by atoms with Crippen LogP contribution in [-0.4, -0.2) is 21.9 Å². The molecule has 0 atom stereocenters. The average Bonchev–Trinajstić information content (AvgIpc) is 3.03. The van der Waals surface area contributed by atoms with Crippen LogP contribution in [0.25, 0.3) is 0 Å². The fourth-order valence-corrected chi connectivity index (χ4v) is 2.78. The van der Waals surface area contributed by atoms with E-state index in [0.29, 0.717) is 5.69 Å². The van der Waals surface area contributed by atoms with E-state index in [2.05, 4.69) is 9.97 Å². The minimum Gasteiger partial charge on any atom is -0.304 e. The Morgan fingerprint density at radius 3 is 2.50 bits per heavy atom. The van der Waals surface area contributed by atoms with E-state index < -0.39 is 0 Å². The summed E-state index contributed by atoms with van der Waals surface area (Å²) in [5, 5.41) is 0. The molecule has 1 aromatic heterocycles. The molecule has 0 bridgehead atoms. The van der Waals surface area contributed by atoms with Gasteiger partial charge in [-0.3, -0.25) is 9.78 Å². The van der Waals surface area contributed by atoms with Gasteiger partial charge in [-0.15, -0.1) is 0 Å². The Labute approximate surface area is 118 Å². The van der Waals surface area contributed by atoms with E-state index in [1.165, 1.54) is 19.0 Å². The van der Waals surface area contributed by atoms with Crippen LogP contribution in [-0.2, 0) is 0 Å². The number of amides is 1. The predicted molar refractivity (Wildman–Crippen MR) is 77.5 cm³/mol. The summed E-state index contributed by atoms with van der Waals surface area (Å²) in [5.41, 5.74) is 1.35. The van der Waals surface area contributed by atoms with Gasteiger partial charge < -0.3 is 4.90 Å². The first-order chi connectivity index (χ1) is 9.86. The summed E-state index contributed by atoms with van der Waals surface area (Å²) < 4.78 is 0. The van der Waals surface area contributed by atoms with Gasteiger partial charge >= 0.3 is 0 Å². The van der Waals surface area contributed by atoms with Crippen molar-refractivity contribution in [3.8, 4) is 0 Å². The van der Waals surface area contributed by atoms with Gasteiger partial charge in [0.05, 0.1) is 6.20 Å². The number of nitrogens with zero attached hydrogens (tertiary/aromatic N) is 3. The van der Waals surface area contributed by atoms with E-state index in [1.807, 2.05) is 35.2 Å². The van der Waals surface area contributed by atoms with Crippen molar-refractivity contribution < 1.29 is 4.79 Å². The highest BCUT2D eigenvalue weighted by atomic mass is 16.2. The van der Waals surface area contributed by atoms with Crippen molar-refractivity contribution >= 4 is 11.6 Å². The maximum Gasteiger partial charge on any atom is 0.278 e. The fourth-order valence-electron chi connectivity index (χ4n) is 2.78. The summed E-state index contributed by atoms with van der Waals surface area (Å²) in [6.07, 6.45) is 9.16. The summed E-state index contributed by atoms with van der Waals surface area (Å²) in [4.78, 5) is 22.8. The number of benzene rings is 1. The second-order valence-electron chi connectivity index (χ2n) is 5.04. The van der Waals surface area contributed by atoms with Crippen LogP contribution in [0.2, 0.25) is 0 Å². The standard InChI is InChI=1S/C16H17N3O/c20-16(15-12-17-10-11-18-15)19(14-8-4-5-9-14)13-6-2-1-3-7-13/h1-3,6-7,10-12,14H,4-5,8-9H2. The van der Waals surface area contributed by atoms with Gasteiger partial charge in [0.2, 0.25) is 0 Å². The Morgan fingerprint density at radius 2 is 1.85 bits per heavy atom. The zero-order valence-corrected chi connectivity index (χ0v) is 11.3. The van der Waals surface area contributed by atoms with Crippen LogP contribution < -0.4 is 4.90 Å². The maximum atomic E-state index is 12.8. The largest absolute Gasteiger partial charge is 0.304 e. The van der Waals surface area contributed by atoms with E-state index in [-0.39, 0.29) is 11.9 Å². The lowest BCUT2D eigenvalue weighted by molar-refractivity contribution is 0.0971. The van der Waals surface area contributed by atoms with Gasteiger partial charge in [-0.2, -0.15) is 0 Å². The zero-order valence-electron chi connectivity index (χ0n) is 11.3. The van der Waals surface area contributed by atoms with Gasteiger partial charge in [0.15, 0.2) is 0 Å². The number of para-hydroxylation sites is 1. The van der Waals surface area contributed by atoms with E-state index in [9.17, 15) is 4.79 Å². The van der Waals surface area contributed by atoms with Crippen LogP contribution in [0, 0.1) is 0 Å². The number of carbonyl (C=O) groups excluding carboxylic acids is 1. The lowest BCUT2D eigenvalue weighted by Gasteiger charge is -2.28. The molecule has 20 heavy (non-hydrogen) atoms. The first-order valence-electron chi connectivity index (χ1n) is 7.01. The minimum atomic E-state index is -0.0591. The lowest BCUT2D eigenvalue weighted by atomic mass is 10.1. The molecule has 0 N–H and O–H groups in total. The third-order valence-corrected chi connectivity index (χ3v) is 3.73. The van der Waals surface area contributed by atoms with E-state index in [4.69, 9.17) is 0 Å². The maximum absolute atomic E-state index is 12.8. The van der Waals surface area contributed by atoms with Gasteiger partial charge in [-0.1, -0.05) is 31.0 Å². The highest BCUT2D eigenvalue weighted by molar-refractivity contribution is 6.05. The second kappa shape index (κ2) is 5.82. The van der Waals surface area contributed by atoms with Crippen LogP contribution in [0.1, 0.15) is 36.2 Å². The number of rotatable bonds is 3. The third-order valence-electron chi connectivity index (χ3n) is 3.73. The van der Waals surface area contributed by atoms with Crippen LogP contribution >= 0.6 is 0 Å². The molecule has 0 radical (unpaired) electrons. The number of hydrogen-bond acceptors (Lipinski definition) is 3. The van der Waals surface area contributed by atoms with Crippen molar-refractivity contribution in [1.82, 2.24) is 9.97 Å². The molecular formula is C16H17N3O. The smallest absolute Gasteiger partial charge is 0.278 e. The number of anilines is 1. The SMILES string of the molecule is O=C(c1cnccn1)N(c1ccccc1)C1CCCC1. The molecule has 1 amide bonds. The predicted octanol–water partition coefficient (Wildman–Crippen LogP) is 3.07. The molecule has 1 aromatic carbocycles. The second-order valence-corrected chi connectivity index (χ2v) is 5.04. The van der Waals surface area contributed by atoms with E-state index >= 15 is 0 Å². The molecule has 0 saturated heterocycles. The average molecular weight is 267 g/mol. The first-order valence-corrected chi connectivity index (χ1v) is 7.01. The molecule has 1 aliphatic carbocycles. The van der Waals surface area contributed by atoms with Crippen LogP contribution in [0.4, 0.5) is 5.69 Å². The molecule has 1 aliphatic rings. The summed E-state index contributed by atoms with van der Waals surface area (Å²) in [5.74, 6) is -0.0591. The van der Waals surface area contributed by atoms with Crippen LogP contribution in [0.15, 0.2) is 48.9 Å². The van der Waals surface area contributed by atoms with Crippen molar-refractivity contribution in [1.29, 1.82) is 0 Å². The van der Waals surface area contributed by atoms with E-state index in [1.54, 1.807) is 12.4 Å². The summed E-state index contributed by atoms with van der Waals surface area (Å²) >= 11 is 0. The molecule has 3 rings (SSSR count). The van der Waals surface area contributed by atoms with Gasteiger partial charge in [0.1, 0.15) is 5.69 Å². The highest BCUT2D eigenvalue weighted by Gasteiger charge is 2.29. The van der Waals surface area contributed by atoms with Crippen LogP contribution in [0.5, 0.6) is 0 Å². The Hall–Kier alpha value is -2.23. The number of hydrogen-bond donors (Lipinski definition) is 0. The quantitative estimate of drug-likeness (QED) is 0.858. The molecule has 0 aliphatic heterocycles. The van der Waals surface area contributed by atoms with Gasteiger partial charge in [-0.05, 0) is 25.0 Å². The van der Waals surface area contributed by atoms with Gasteiger partial charge in [0.25, 0.3) is 5.91 Å². The van der Waals surface area contributed by atoms with Gasteiger partial charge in [-0.25, -0.2) is 4.98 Å². The first kappa shape index (κ1) is 12.8. The molecule has 102 valence electrons. The fraction of sp³-hybridized carbons (Fsp3) is 0.312. The number of aromatic nitrogens is 2. The summed E-state index contributed by atoms with van der Waals surface area (Å²) in [7, 11) is 0. The number of carbonyl (C=O) groups is 1. The monoisotopic (exact) mass is 267 g/mol. The Bertz CT molecular complexity index is 565. The Kier molecular flexibility index (Phi) is 3.72. The molecule has 0 spiro atoms. The summed E-state index contributed by atoms with van der Waals surface area (Å²) in [6.45, 7) is 0. The van der Waals surface area contributed by atoms with E-state index in [0.717, 1.165) is 18.5 Å². The molecular weight excluding hydrogens is 250 g/mol. The lowest BCUT2D eigenvalue weighted by Crippen LogP contribution is -2.39. The molecule has 0 unspecified atom stereocenters. The van der Waals surface area contributed by atoms with Crippen molar-refractivity contribution in [2.24, 2.45) is 0 Å². The minimum absolute atomic E-state index is 0.0591. The normalized spacial score (nSPS) is 15.2. The molecule has 2 aromatic rings.